The third-order valence-corrected chi connectivity index (χ3v) is 4.00. The van der Waals surface area contributed by atoms with Crippen LogP contribution in [0.15, 0.2) is 42.6 Å². The number of hydrogen-bond acceptors (Lipinski definition) is 6. The lowest BCUT2D eigenvalue weighted by Crippen LogP contribution is -2.05. The van der Waals surface area contributed by atoms with Crippen molar-refractivity contribution in [3.8, 4) is 17.6 Å². The topological polar surface area (TPSA) is 87.4 Å². The van der Waals surface area contributed by atoms with Crippen molar-refractivity contribution in [1.82, 2.24) is 4.98 Å². The van der Waals surface area contributed by atoms with Crippen molar-refractivity contribution in [2.45, 2.75) is 6.92 Å². The molecule has 3 rings (SSSR count). The molecule has 27 heavy (non-hydrogen) atoms. The van der Waals surface area contributed by atoms with Gasteiger partial charge in [-0.1, -0.05) is 6.07 Å². The summed E-state index contributed by atoms with van der Waals surface area (Å²) in [5, 5.41) is 23.4. The van der Waals surface area contributed by atoms with Crippen LogP contribution >= 0.6 is 12.4 Å². The van der Waals surface area contributed by atoms with E-state index in [0.717, 1.165) is 22.3 Å². The molecule has 140 valence electrons. The van der Waals surface area contributed by atoms with E-state index in [1.165, 1.54) is 0 Å². The second kappa shape index (κ2) is 9.08. The van der Waals surface area contributed by atoms with Crippen molar-refractivity contribution in [2.24, 2.45) is 0 Å². The van der Waals surface area contributed by atoms with Gasteiger partial charge in [0.1, 0.15) is 24.2 Å². The lowest BCUT2D eigenvalue weighted by Gasteiger charge is -2.13. The molecule has 0 saturated carbocycles. The molecule has 0 atom stereocenters. The minimum absolute atomic E-state index is 0. The number of nitrogens with zero attached hydrogens (tertiary/aromatic N) is 2. The standard InChI is InChI=1S/C20H19N3O3.ClH/c1-13-3-4-15(10-19(13)24)23-17-5-6-22-18-11-20(26-8-7-25-2)14(12-21)9-16(17)18;/h3-6,9-11,24H,7-8H2,1-2H3,(H,22,23);1H. The van der Waals surface area contributed by atoms with Crippen molar-refractivity contribution in [1.29, 1.82) is 5.26 Å². The molecule has 2 N–H and O–H groups in total. The van der Waals surface area contributed by atoms with Gasteiger partial charge in [0.25, 0.3) is 0 Å². The number of ether oxygens (including phenoxy) is 2. The van der Waals surface area contributed by atoms with E-state index < -0.39 is 0 Å². The summed E-state index contributed by atoms with van der Waals surface area (Å²) >= 11 is 0. The van der Waals surface area contributed by atoms with Crippen molar-refractivity contribution in [3.05, 3.63) is 53.7 Å². The van der Waals surface area contributed by atoms with Crippen LogP contribution in [0.5, 0.6) is 11.5 Å². The summed E-state index contributed by atoms with van der Waals surface area (Å²) in [6, 6.07) is 12.9. The largest absolute Gasteiger partial charge is 0.508 e. The van der Waals surface area contributed by atoms with E-state index in [2.05, 4.69) is 16.4 Å². The van der Waals surface area contributed by atoms with Crippen LogP contribution in [0, 0.1) is 18.3 Å². The molecule has 1 aromatic heterocycles. The van der Waals surface area contributed by atoms with E-state index in [1.54, 1.807) is 31.5 Å². The molecular weight excluding hydrogens is 366 g/mol. The molecule has 0 aliphatic carbocycles. The molecule has 0 bridgehead atoms. The van der Waals surface area contributed by atoms with E-state index in [1.807, 2.05) is 25.1 Å². The minimum Gasteiger partial charge on any atom is -0.508 e. The van der Waals surface area contributed by atoms with Gasteiger partial charge in [-0.25, -0.2) is 0 Å². The fourth-order valence-electron chi connectivity index (χ4n) is 2.57. The number of nitrogens with one attached hydrogen (secondary N) is 1. The first-order valence-corrected chi connectivity index (χ1v) is 8.13. The molecule has 0 amide bonds. The van der Waals surface area contributed by atoms with Crippen LogP contribution in [0.2, 0.25) is 0 Å². The molecule has 0 fully saturated rings. The number of methoxy groups -OCH3 is 1. The normalized spacial score (nSPS) is 10.1. The van der Waals surface area contributed by atoms with Crippen LogP contribution in [0.3, 0.4) is 0 Å². The van der Waals surface area contributed by atoms with Gasteiger partial charge in [-0.15, -0.1) is 12.4 Å². The average Bonchev–Trinajstić information content (AvgIpc) is 2.64. The smallest absolute Gasteiger partial charge is 0.139 e. The Kier molecular flexibility index (Phi) is 6.83. The Bertz CT molecular complexity index is 986. The SMILES string of the molecule is COCCOc1cc2nccc(Nc3ccc(C)c(O)c3)c2cc1C#N.Cl. The van der Waals surface area contributed by atoms with Gasteiger partial charge in [-0.05, 0) is 30.7 Å². The Labute approximate surface area is 163 Å². The number of rotatable bonds is 6. The summed E-state index contributed by atoms with van der Waals surface area (Å²) < 4.78 is 10.6. The lowest BCUT2D eigenvalue weighted by atomic mass is 10.1. The number of hydrogen-bond donors (Lipinski definition) is 2. The molecular formula is C20H20ClN3O3. The Hall–Kier alpha value is -3.01. The molecule has 0 aliphatic rings. The zero-order valence-corrected chi connectivity index (χ0v) is 15.8. The first-order chi connectivity index (χ1) is 12.6. The number of phenolic OH excluding ortho intramolecular Hbond substituents is 1. The van der Waals surface area contributed by atoms with Gasteiger partial charge in [0.15, 0.2) is 0 Å². The van der Waals surface area contributed by atoms with E-state index in [4.69, 9.17) is 9.47 Å². The number of aryl methyl sites for hydroxylation is 1. The van der Waals surface area contributed by atoms with Crippen LogP contribution < -0.4 is 10.1 Å². The number of aromatic hydroxyl groups is 1. The molecule has 0 spiro atoms. The van der Waals surface area contributed by atoms with E-state index >= 15 is 0 Å². The summed E-state index contributed by atoms with van der Waals surface area (Å²) in [7, 11) is 1.59. The highest BCUT2D eigenvalue weighted by Gasteiger charge is 2.10. The molecule has 6 nitrogen and oxygen atoms in total. The number of pyridine rings is 1. The Morgan fingerprint density at radius 3 is 2.70 bits per heavy atom. The maximum absolute atomic E-state index is 9.89. The Balaban J connectivity index is 0.00000261. The van der Waals surface area contributed by atoms with Gasteiger partial charge < -0.3 is 19.9 Å². The van der Waals surface area contributed by atoms with E-state index in [9.17, 15) is 10.4 Å². The highest BCUT2D eigenvalue weighted by Crippen LogP contribution is 2.32. The number of aromatic nitrogens is 1. The van der Waals surface area contributed by atoms with Gasteiger partial charge in [-0.2, -0.15) is 5.26 Å². The van der Waals surface area contributed by atoms with Gasteiger partial charge in [0, 0.05) is 42.2 Å². The maximum atomic E-state index is 9.89. The molecule has 0 saturated heterocycles. The van der Waals surface area contributed by atoms with Gasteiger partial charge >= 0.3 is 0 Å². The second-order valence-electron chi connectivity index (χ2n) is 5.80. The van der Waals surface area contributed by atoms with Crippen LogP contribution in [-0.4, -0.2) is 30.4 Å². The summed E-state index contributed by atoms with van der Waals surface area (Å²) in [6.07, 6.45) is 1.68. The summed E-state index contributed by atoms with van der Waals surface area (Å²) in [4.78, 5) is 4.37. The zero-order valence-electron chi connectivity index (χ0n) is 15.0. The highest BCUT2D eigenvalue weighted by molar-refractivity contribution is 5.94. The van der Waals surface area contributed by atoms with Gasteiger partial charge in [0.05, 0.1) is 17.7 Å². The van der Waals surface area contributed by atoms with E-state index in [0.29, 0.717) is 30.0 Å². The zero-order chi connectivity index (χ0) is 18.5. The summed E-state index contributed by atoms with van der Waals surface area (Å²) in [5.41, 5.74) is 3.48. The lowest BCUT2D eigenvalue weighted by molar-refractivity contribution is 0.146. The molecule has 0 unspecified atom stereocenters. The molecule has 3 aromatic rings. The van der Waals surface area contributed by atoms with Crippen molar-refractivity contribution in [2.75, 3.05) is 25.6 Å². The highest BCUT2D eigenvalue weighted by atomic mass is 35.5. The average molecular weight is 386 g/mol. The Morgan fingerprint density at radius 2 is 2.00 bits per heavy atom. The maximum Gasteiger partial charge on any atom is 0.139 e. The molecule has 0 radical (unpaired) electrons. The first-order valence-electron chi connectivity index (χ1n) is 8.13. The second-order valence-corrected chi connectivity index (χ2v) is 5.80. The molecule has 7 heteroatoms. The van der Waals surface area contributed by atoms with Crippen LogP contribution in [-0.2, 0) is 4.74 Å². The fraction of sp³-hybridized carbons (Fsp3) is 0.200. The number of fused-ring (bicyclic) bond motifs is 1. The van der Waals surface area contributed by atoms with Crippen molar-refractivity contribution in [3.63, 3.8) is 0 Å². The third kappa shape index (κ3) is 4.59. The Morgan fingerprint density at radius 1 is 1.19 bits per heavy atom. The van der Waals surface area contributed by atoms with E-state index in [-0.39, 0.29) is 18.2 Å². The van der Waals surface area contributed by atoms with Gasteiger partial charge in [-0.3, -0.25) is 4.98 Å². The molecule has 1 heterocycles. The number of nitriles is 1. The first kappa shape index (κ1) is 20.3. The molecule has 2 aromatic carbocycles. The summed E-state index contributed by atoms with van der Waals surface area (Å²) in [5.74, 6) is 0.703. The van der Waals surface area contributed by atoms with Crippen LogP contribution in [0.4, 0.5) is 11.4 Å². The quantitative estimate of drug-likeness (QED) is 0.615. The fourth-order valence-corrected chi connectivity index (χ4v) is 2.57. The molecule has 0 aliphatic heterocycles. The van der Waals surface area contributed by atoms with Gasteiger partial charge in [0.2, 0.25) is 0 Å². The van der Waals surface area contributed by atoms with Crippen molar-refractivity contribution < 1.29 is 14.6 Å². The number of phenols is 1. The predicted octanol–water partition coefficient (Wildman–Crippen LogP) is 4.31. The number of benzene rings is 2. The predicted molar refractivity (Wildman–Crippen MR) is 107 cm³/mol. The van der Waals surface area contributed by atoms with Crippen molar-refractivity contribution >= 4 is 34.7 Å². The van der Waals surface area contributed by atoms with Crippen LogP contribution in [0.1, 0.15) is 11.1 Å². The third-order valence-electron chi connectivity index (χ3n) is 4.00. The minimum atomic E-state index is 0. The van der Waals surface area contributed by atoms with Crippen LogP contribution in [0.25, 0.3) is 10.9 Å². The summed E-state index contributed by atoms with van der Waals surface area (Å²) in [6.45, 7) is 2.64. The number of anilines is 2. The number of halogens is 1. The monoisotopic (exact) mass is 385 g/mol.